The molecule has 2 N–H and O–H groups in total. The molecular weight excluding hydrogens is 274 g/mol. The van der Waals surface area contributed by atoms with Crippen LogP contribution in [0, 0.1) is 11.8 Å². The SMILES string of the molecule is O=C(O)C1C(C(=O)N2CCCCC2CCO)[C@H]2CC[C@@H]1O2. The molecule has 3 aliphatic rings. The number of hydrogen-bond acceptors (Lipinski definition) is 4. The number of ether oxygens (including phenoxy) is 1. The van der Waals surface area contributed by atoms with Gasteiger partial charge in [0.05, 0.1) is 24.0 Å². The summed E-state index contributed by atoms with van der Waals surface area (Å²) in [6, 6.07) is 0.0461. The number of carboxylic acid groups (broad SMARTS) is 1. The summed E-state index contributed by atoms with van der Waals surface area (Å²) < 4.78 is 5.69. The van der Waals surface area contributed by atoms with Gasteiger partial charge in [-0.2, -0.15) is 0 Å². The lowest BCUT2D eigenvalue weighted by molar-refractivity contribution is -0.152. The Bertz CT molecular complexity index is 424. The third kappa shape index (κ3) is 2.55. The molecule has 6 nitrogen and oxygen atoms in total. The molecule has 6 heteroatoms. The van der Waals surface area contributed by atoms with Gasteiger partial charge in [-0.15, -0.1) is 0 Å². The molecule has 3 heterocycles. The van der Waals surface area contributed by atoms with Gasteiger partial charge in [-0.25, -0.2) is 0 Å². The molecule has 3 unspecified atom stereocenters. The van der Waals surface area contributed by atoms with E-state index in [9.17, 15) is 19.8 Å². The summed E-state index contributed by atoms with van der Waals surface area (Å²) in [4.78, 5) is 26.2. The topological polar surface area (TPSA) is 87.1 Å². The molecule has 3 rings (SSSR count). The van der Waals surface area contributed by atoms with Crippen LogP contribution in [0.15, 0.2) is 0 Å². The van der Waals surface area contributed by atoms with Crippen LogP contribution in [0.25, 0.3) is 0 Å². The molecule has 5 atom stereocenters. The Hall–Kier alpha value is -1.14. The highest BCUT2D eigenvalue weighted by Crippen LogP contribution is 2.45. The number of aliphatic hydroxyl groups excluding tert-OH is 1. The summed E-state index contributed by atoms with van der Waals surface area (Å²) >= 11 is 0. The highest BCUT2D eigenvalue weighted by atomic mass is 16.5. The van der Waals surface area contributed by atoms with Gasteiger partial charge in [0.15, 0.2) is 0 Å². The molecule has 1 amide bonds. The Morgan fingerprint density at radius 2 is 1.81 bits per heavy atom. The zero-order valence-corrected chi connectivity index (χ0v) is 12.1. The van der Waals surface area contributed by atoms with Crippen molar-refractivity contribution >= 4 is 11.9 Å². The number of aliphatic hydroxyl groups is 1. The van der Waals surface area contributed by atoms with Gasteiger partial charge in [0, 0.05) is 19.2 Å². The normalized spacial score (nSPS) is 38.7. The van der Waals surface area contributed by atoms with Crippen molar-refractivity contribution < 1.29 is 24.5 Å². The van der Waals surface area contributed by atoms with Crippen LogP contribution in [0.2, 0.25) is 0 Å². The van der Waals surface area contributed by atoms with Crippen LogP contribution in [-0.4, -0.2) is 58.4 Å². The molecule has 3 fully saturated rings. The minimum atomic E-state index is -0.920. The molecular formula is C15H23NO5. The minimum absolute atomic E-state index is 0.0461. The molecule has 0 aromatic rings. The molecule has 118 valence electrons. The molecule has 2 bridgehead atoms. The number of nitrogens with zero attached hydrogens (tertiary/aromatic N) is 1. The van der Waals surface area contributed by atoms with Crippen molar-refractivity contribution in [3.05, 3.63) is 0 Å². The smallest absolute Gasteiger partial charge is 0.310 e. The number of aliphatic carboxylic acids is 1. The van der Waals surface area contributed by atoms with Crippen molar-refractivity contribution in [1.82, 2.24) is 4.90 Å². The molecule has 21 heavy (non-hydrogen) atoms. The first-order valence-corrected chi connectivity index (χ1v) is 7.93. The second-order valence-electron chi connectivity index (χ2n) is 6.37. The zero-order chi connectivity index (χ0) is 15.0. The van der Waals surface area contributed by atoms with E-state index in [1.807, 2.05) is 4.90 Å². The van der Waals surface area contributed by atoms with Crippen LogP contribution in [-0.2, 0) is 14.3 Å². The fourth-order valence-electron chi connectivity index (χ4n) is 4.24. The van der Waals surface area contributed by atoms with Gasteiger partial charge in [-0.3, -0.25) is 9.59 Å². The first kappa shape index (κ1) is 14.8. The van der Waals surface area contributed by atoms with Gasteiger partial charge in [-0.1, -0.05) is 0 Å². The summed E-state index contributed by atoms with van der Waals surface area (Å²) in [5.74, 6) is -2.24. The van der Waals surface area contributed by atoms with Crippen molar-refractivity contribution in [3.8, 4) is 0 Å². The lowest BCUT2D eigenvalue weighted by Gasteiger charge is -2.39. The first-order chi connectivity index (χ1) is 10.1. The molecule has 3 saturated heterocycles. The van der Waals surface area contributed by atoms with Crippen LogP contribution < -0.4 is 0 Å². The van der Waals surface area contributed by atoms with E-state index < -0.39 is 17.8 Å². The van der Waals surface area contributed by atoms with E-state index in [1.54, 1.807) is 0 Å². The number of likely N-dealkylation sites (tertiary alicyclic amines) is 1. The Labute approximate surface area is 124 Å². The van der Waals surface area contributed by atoms with Gasteiger partial charge in [-0.05, 0) is 38.5 Å². The molecule has 0 aromatic heterocycles. The van der Waals surface area contributed by atoms with Crippen molar-refractivity contribution in [3.63, 3.8) is 0 Å². The zero-order valence-electron chi connectivity index (χ0n) is 12.1. The largest absolute Gasteiger partial charge is 0.481 e. The van der Waals surface area contributed by atoms with Crippen molar-refractivity contribution in [2.24, 2.45) is 11.8 Å². The second kappa shape index (κ2) is 5.93. The maximum atomic E-state index is 12.9. The lowest BCUT2D eigenvalue weighted by Crippen LogP contribution is -2.51. The van der Waals surface area contributed by atoms with Crippen molar-refractivity contribution in [2.75, 3.05) is 13.2 Å². The van der Waals surface area contributed by atoms with E-state index in [1.165, 1.54) is 0 Å². The fraction of sp³-hybridized carbons (Fsp3) is 0.867. The van der Waals surface area contributed by atoms with Gasteiger partial charge in [0.25, 0.3) is 0 Å². The Balaban J connectivity index is 1.78. The molecule has 0 spiro atoms. The van der Waals surface area contributed by atoms with E-state index in [2.05, 4.69) is 0 Å². The lowest BCUT2D eigenvalue weighted by atomic mass is 9.78. The third-order valence-corrected chi connectivity index (χ3v) is 5.22. The average molecular weight is 297 g/mol. The Morgan fingerprint density at radius 3 is 2.48 bits per heavy atom. The van der Waals surface area contributed by atoms with Crippen molar-refractivity contribution in [1.29, 1.82) is 0 Å². The number of hydrogen-bond donors (Lipinski definition) is 2. The Kier molecular flexibility index (Phi) is 4.17. The maximum absolute atomic E-state index is 12.9. The number of amides is 1. The summed E-state index contributed by atoms with van der Waals surface area (Å²) in [5.41, 5.74) is 0. The average Bonchev–Trinajstić information content (AvgIpc) is 3.08. The molecule has 0 radical (unpaired) electrons. The number of carbonyl (C=O) groups excluding carboxylic acids is 1. The van der Waals surface area contributed by atoms with Crippen LogP contribution in [0.4, 0.5) is 0 Å². The van der Waals surface area contributed by atoms with E-state index in [-0.39, 0.29) is 30.8 Å². The number of carboxylic acids is 1. The predicted molar refractivity (Wildman–Crippen MR) is 73.6 cm³/mol. The van der Waals surface area contributed by atoms with Crippen LogP contribution in [0.5, 0.6) is 0 Å². The van der Waals surface area contributed by atoms with Crippen molar-refractivity contribution in [2.45, 2.75) is 56.8 Å². The van der Waals surface area contributed by atoms with Gasteiger partial charge in [0.2, 0.25) is 5.91 Å². The molecule has 0 aromatic carbocycles. The minimum Gasteiger partial charge on any atom is -0.481 e. The molecule has 3 aliphatic heterocycles. The molecule has 0 aliphatic carbocycles. The van der Waals surface area contributed by atoms with Crippen LogP contribution in [0.1, 0.15) is 38.5 Å². The highest BCUT2D eigenvalue weighted by molar-refractivity contribution is 5.87. The Morgan fingerprint density at radius 1 is 1.10 bits per heavy atom. The monoisotopic (exact) mass is 297 g/mol. The van der Waals surface area contributed by atoms with Crippen LogP contribution in [0.3, 0.4) is 0 Å². The van der Waals surface area contributed by atoms with Gasteiger partial charge in [0.1, 0.15) is 0 Å². The quantitative estimate of drug-likeness (QED) is 0.794. The summed E-state index contributed by atoms with van der Waals surface area (Å²) in [5, 5.41) is 18.6. The van der Waals surface area contributed by atoms with Crippen LogP contribution >= 0.6 is 0 Å². The predicted octanol–water partition coefficient (Wildman–Crippen LogP) is 0.628. The van der Waals surface area contributed by atoms with Gasteiger partial charge >= 0.3 is 5.97 Å². The van der Waals surface area contributed by atoms with E-state index in [0.29, 0.717) is 13.0 Å². The second-order valence-corrected chi connectivity index (χ2v) is 6.37. The van der Waals surface area contributed by atoms with E-state index in [0.717, 1.165) is 32.1 Å². The number of rotatable bonds is 4. The molecule has 0 saturated carbocycles. The summed E-state index contributed by atoms with van der Waals surface area (Å²) in [6.45, 7) is 0.730. The maximum Gasteiger partial charge on any atom is 0.310 e. The fourth-order valence-corrected chi connectivity index (χ4v) is 4.24. The third-order valence-electron chi connectivity index (χ3n) is 5.22. The summed E-state index contributed by atoms with van der Waals surface area (Å²) in [6.07, 6.45) is 4.46. The number of carbonyl (C=O) groups is 2. The number of fused-ring (bicyclic) bond motifs is 2. The standard InChI is InChI=1S/C15H23NO5/c17-8-6-9-3-1-2-7-16(9)14(18)12-10-4-5-11(21-10)13(12)15(19)20/h9-13,17H,1-8H2,(H,19,20)/t9?,10-,11+,12?,13?/m1/s1. The number of piperidine rings is 1. The summed E-state index contributed by atoms with van der Waals surface area (Å²) in [7, 11) is 0. The van der Waals surface area contributed by atoms with E-state index >= 15 is 0 Å². The first-order valence-electron chi connectivity index (χ1n) is 7.93. The van der Waals surface area contributed by atoms with Gasteiger partial charge < -0.3 is 19.8 Å². The van der Waals surface area contributed by atoms with E-state index in [4.69, 9.17) is 4.74 Å². The highest BCUT2D eigenvalue weighted by Gasteiger charge is 2.56.